The van der Waals surface area contributed by atoms with Gasteiger partial charge >= 0.3 is 0 Å². The van der Waals surface area contributed by atoms with E-state index in [1.165, 1.54) is 17.8 Å². The predicted octanol–water partition coefficient (Wildman–Crippen LogP) is 2.32. The van der Waals surface area contributed by atoms with Gasteiger partial charge in [-0.05, 0) is 30.4 Å². The Balaban J connectivity index is 1.33. The van der Waals surface area contributed by atoms with Crippen molar-refractivity contribution in [3.05, 3.63) is 47.9 Å². The number of likely N-dealkylation sites (tertiary alicyclic amines) is 1. The number of fused-ring (bicyclic) bond motifs is 1. The number of piperidine rings is 1. The fourth-order valence-electron chi connectivity index (χ4n) is 4.63. The van der Waals surface area contributed by atoms with Gasteiger partial charge in [0, 0.05) is 32.0 Å². The maximum atomic E-state index is 13.4. The average molecular weight is 469 g/mol. The van der Waals surface area contributed by atoms with E-state index < -0.39 is 17.9 Å². The lowest BCUT2D eigenvalue weighted by Gasteiger charge is -2.45. The lowest BCUT2D eigenvalue weighted by atomic mass is 9.82. The summed E-state index contributed by atoms with van der Waals surface area (Å²) in [6, 6.07) is 8.91. The number of para-hydroxylation sites is 1. The largest absolute Gasteiger partial charge is 0.487 e. The molecule has 3 heterocycles. The first kappa shape index (κ1) is 23.8. The standard InChI is InChI=1S/C25H32N4O5/c1-3-17(2)22(28-21(30)16-26-23(31)20-9-13-27-34-20)24(32)29-14-11-25(12-15-29)10-8-18-6-4-5-7-19(18)33-25/h4-7,9,13,17,22H,3,8,10-12,14-16H2,1-2H3,(H,26,31)(H,28,30)/t17-,22-/m0/s1. The van der Waals surface area contributed by atoms with Crippen LogP contribution in [0, 0.1) is 5.92 Å². The molecule has 4 rings (SSSR count). The van der Waals surface area contributed by atoms with Gasteiger partial charge in [0.1, 0.15) is 17.4 Å². The van der Waals surface area contributed by atoms with Crippen LogP contribution in [0.15, 0.2) is 41.1 Å². The lowest BCUT2D eigenvalue weighted by molar-refractivity contribution is -0.141. The second kappa shape index (κ2) is 10.3. The summed E-state index contributed by atoms with van der Waals surface area (Å²) in [6.45, 7) is 4.86. The third-order valence-corrected chi connectivity index (χ3v) is 7.00. The number of hydrogen-bond acceptors (Lipinski definition) is 6. The van der Waals surface area contributed by atoms with Crippen molar-refractivity contribution in [1.29, 1.82) is 0 Å². The maximum Gasteiger partial charge on any atom is 0.290 e. The molecule has 0 aliphatic carbocycles. The summed E-state index contributed by atoms with van der Waals surface area (Å²) >= 11 is 0. The monoisotopic (exact) mass is 468 g/mol. The molecule has 1 fully saturated rings. The van der Waals surface area contributed by atoms with Gasteiger partial charge in [0.15, 0.2) is 0 Å². The number of nitrogens with zero attached hydrogens (tertiary/aromatic N) is 2. The number of carbonyl (C=O) groups is 3. The van der Waals surface area contributed by atoms with E-state index in [0.717, 1.165) is 37.9 Å². The normalized spacial score (nSPS) is 18.4. The molecule has 34 heavy (non-hydrogen) atoms. The minimum Gasteiger partial charge on any atom is -0.487 e. The van der Waals surface area contributed by atoms with Crippen LogP contribution in [0.4, 0.5) is 0 Å². The predicted molar refractivity (Wildman–Crippen MR) is 124 cm³/mol. The molecular weight excluding hydrogens is 436 g/mol. The number of amides is 3. The zero-order chi connectivity index (χ0) is 24.1. The molecular formula is C25H32N4O5. The Labute approximate surface area is 199 Å². The highest BCUT2D eigenvalue weighted by Gasteiger charge is 2.42. The molecule has 0 radical (unpaired) electrons. The summed E-state index contributed by atoms with van der Waals surface area (Å²) in [7, 11) is 0. The zero-order valence-corrected chi connectivity index (χ0v) is 19.7. The summed E-state index contributed by atoms with van der Waals surface area (Å²) in [5, 5.41) is 8.79. The second-order valence-electron chi connectivity index (χ2n) is 9.21. The molecule has 2 atom stereocenters. The molecule has 9 nitrogen and oxygen atoms in total. The number of benzene rings is 1. The molecule has 1 aromatic heterocycles. The first-order chi connectivity index (χ1) is 16.4. The van der Waals surface area contributed by atoms with Crippen molar-refractivity contribution < 1.29 is 23.6 Å². The van der Waals surface area contributed by atoms with Crippen molar-refractivity contribution in [2.24, 2.45) is 5.92 Å². The second-order valence-corrected chi connectivity index (χ2v) is 9.21. The van der Waals surface area contributed by atoms with E-state index in [9.17, 15) is 14.4 Å². The van der Waals surface area contributed by atoms with Gasteiger partial charge in [0.05, 0.1) is 12.7 Å². The summed E-state index contributed by atoms with van der Waals surface area (Å²) in [5.74, 6) is -0.116. The molecule has 0 bridgehead atoms. The van der Waals surface area contributed by atoms with Crippen molar-refractivity contribution in [1.82, 2.24) is 20.7 Å². The molecule has 2 aromatic rings. The number of hydrogen-bond donors (Lipinski definition) is 2. The van der Waals surface area contributed by atoms with E-state index in [4.69, 9.17) is 9.26 Å². The summed E-state index contributed by atoms with van der Waals surface area (Å²) in [5.41, 5.74) is 1.01. The van der Waals surface area contributed by atoms with Crippen molar-refractivity contribution in [2.45, 2.75) is 57.6 Å². The first-order valence-electron chi connectivity index (χ1n) is 11.9. The quantitative estimate of drug-likeness (QED) is 0.645. The Morgan fingerprint density at radius 1 is 1.15 bits per heavy atom. The van der Waals surface area contributed by atoms with Gasteiger partial charge in [-0.3, -0.25) is 14.4 Å². The number of ether oxygens (including phenoxy) is 1. The molecule has 1 aromatic carbocycles. The van der Waals surface area contributed by atoms with E-state index in [1.807, 2.05) is 36.9 Å². The molecule has 2 aliphatic heterocycles. The SMILES string of the molecule is CC[C@H](C)[C@H](NC(=O)CNC(=O)c1ccno1)C(=O)N1CCC2(CCc3ccccc3O2)CC1. The van der Waals surface area contributed by atoms with E-state index in [2.05, 4.69) is 21.9 Å². The Hall–Kier alpha value is -3.36. The van der Waals surface area contributed by atoms with Crippen LogP contribution in [-0.2, 0) is 16.0 Å². The van der Waals surface area contributed by atoms with Gasteiger partial charge in [-0.15, -0.1) is 0 Å². The van der Waals surface area contributed by atoms with Crippen molar-refractivity contribution in [3.63, 3.8) is 0 Å². The first-order valence-corrected chi connectivity index (χ1v) is 11.9. The van der Waals surface area contributed by atoms with Gasteiger partial charge in [0.2, 0.25) is 17.6 Å². The topological polar surface area (TPSA) is 114 Å². The van der Waals surface area contributed by atoms with Crippen LogP contribution in [-0.4, -0.2) is 59.1 Å². The van der Waals surface area contributed by atoms with E-state index in [0.29, 0.717) is 13.1 Å². The number of aromatic nitrogens is 1. The molecule has 182 valence electrons. The van der Waals surface area contributed by atoms with Gasteiger partial charge in [0.25, 0.3) is 5.91 Å². The number of aryl methyl sites for hydroxylation is 1. The fourth-order valence-corrected chi connectivity index (χ4v) is 4.63. The number of nitrogens with one attached hydrogen (secondary N) is 2. The van der Waals surface area contributed by atoms with E-state index in [1.54, 1.807) is 0 Å². The van der Waals surface area contributed by atoms with Crippen LogP contribution in [0.2, 0.25) is 0 Å². The average Bonchev–Trinajstić information content (AvgIpc) is 3.41. The summed E-state index contributed by atoms with van der Waals surface area (Å²) < 4.78 is 11.2. The Bertz CT molecular complexity index is 1010. The van der Waals surface area contributed by atoms with Crippen LogP contribution in [0.1, 0.15) is 55.6 Å². The molecule has 2 N–H and O–H groups in total. The lowest BCUT2D eigenvalue weighted by Crippen LogP contribution is -2.57. The Morgan fingerprint density at radius 2 is 1.91 bits per heavy atom. The van der Waals surface area contributed by atoms with E-state index >= 15 is 0 Å². The fraction of sp³-hybridized carbons (Fsp3) is 0.520. The molecule has 3 amide bonds. The van der Waals surface area contributed by atoms with Crippen LogP contribution in [0.5, 0.6) is 5.75 Å². The van der Waals surface area contributed by atoms with Gasteiger partial charge in [-0.1, -0.05) is 43.6 Å². The van der Waals surface area contributed by atoms with Gasteiger partial charge < -0.3 is 24.8 Å². The van der Waals surface area contributed by atoms with Gasteiger partial charge in [-0.25, -0.2) is 0 Å². The third-order valence-electron chi connectivity index (χ3n) is 7.00. The maximum absolute atomic E-state index is 13.4. The van der Waals surface area contributed by atoms with Gasteiger partial charge in [-0.2, -0.15) is 0 Å². The molecule has 0 unspecified atom stereocenters. The summed E-state index contributed by atoms with van der Waals surface area (Å²) in [4.78, 5) is 39.7. The minimum absolute atomic E-state index is 0.0251. The Kier molecular flexibility index (Phi) is 7.19. The highest BCUT2D eigenvalue weighted by molar-refractivity contribution is 5.95. The van der Waals surface area contributed by atoms with Crippen molar-refractivity contribution >= 4 is 17.7 Å². The van der Waals surface area contributed by atoms with Crippen molar-refractivity contribution in [3.8, 4) is 5.75 Å². The summed E-state index contributed by atoms with van der Waals surface area (Å²) in [6.07, 6.45) is 5.55. The number of carbonyl (C=O) groups excluding carboxylic acids is 3. The molecule has 9 heteroatoms. The van der Waals surface area contributed by atoms with Crippen LogP contribution >= 0.6 is 0 Å². The van der Waals surface area contributed by atoms with E-state index in [-0.39, 0.29) is 29.7 Å². The smallest absolute Gasteiger partial charge is 0.290 e. The third kappa shape index (κ3) is 5.24. The highest BCUT2D eigenvalue weighted by atomic mass is 16.5. The molecule has 1 saturated heterocycles. The van der Waals surface area contributed by atoms with Crippen LogP contribution in [0.25, 0.3) is 0 Å². The highest BCUT2D eigenvalue weighted by Crippen LogP contribution is 2.39. The van der Waals surface area contributed by atoms with Crippen LogP contribution < -0.4 is 15.4 Å². The number of rotatable bonds is 7. The Morgan fingerprint density at radius 3 is 2.62 bits per heavy atom. The minimum atomic E-state index is -0.651. The molecule has 1 spiro atoms. The molecule has 0 saturated carbocycles. The van der Waals surface area contributed by atoms with Crippen molar-refractivity contribution in [2.75, 3.05) is 19.6 Å². The zero-order valence-electron chi connectivity index (χ0n) is 19.7. The molecule has 2 aliphatic rings. The van der Waals surface area contributed by atoms with Crippen LogP contribution in [0.3, 0.4) is 0 Å².